The Hall–Kier alpha value is -1.87. The molecular formula is C12H14MgO8. The van der Waals surface area contributed by atoms with Gasteiger partial charge in [0.15, 0.2) is 0 Å². The monoisotopic (exact) mass is 310 g/mol. The van der Waals surface area contributed by atoms with Crippen LogP contribution in [0, 0.1) is 0 Å². The zero-order chi connectivity index (χ0) is 16.0. The van der Waals surface area contributed by atoms with Crippen molar-refractivity contribution in [2.24, 2.45) is 0 Å². The number of hydrogen-bond acceptors (Lipinski definition) is 8. The van der Waals surface area contributed by atoms with Gasteiger partial charge >= 0.3 is 35.0 Å². The fraction of sp³-hybridized carbons (Fsp3) is 0.333. The molecule has 0 aliphatic carbocycles. The molecule has 21 heavy (non-hydrogen) atoms. The summed E-state index contributed by atoms with van der Waals surface area (Å²) in [7, 11) is 0. The van der Waals surface area contributed by atoms with Gasteiger partial charge in [0.2, 0.25) is 0 Å². The molecule has 0 N–H and O–H groups in total. The molecule has 0 aliphatic heterocycles. The van der Waals surface area contributed by atoms with Gasteiger partial charge in [0.05, 0.1) is 25.2 Å². The molecule has 0 heterocycles. The molecule has 0 bridgehead atoms. The van der Waals surface area contributed by atoms with E-state index in [9.17, 15) is 29.4 Å². The summed E-state index contributed by atoms with van der Waals surface area (Å²) in [6.45, 7) is 3.72. The van der Waals surface area contributed by atoms with Gasteiger partial charge in [-0.25, -0.2) is 9.59 Å². The van der Waals surface area contributed by atoms with Crippen LogP contribution < -0.4 is 10.2 Å². The third-order valence-electron chi connectivity index (χ3n) is 1.28. The van der Waals surface area contributed by atoms with E-state index in [4.69, 9.17) is 0 Å². The van der Waals surface area contributed by atoms with Crippen molar-refractivity contribution >= 4 is 46.9 Å². The van der Waals surface area contributed by atoms with Crippen LogP contribution in [0.15, 0.2) is 24.3 Å². The van der Waals surface area contributed by atoms with Crippen LogP contribution in [0.1, 0.15) is 13.8 Å². The normalized spacial score (nSPS) is 9.24. The summed E-state index contributed by atoms with van der Waals surface area (Å²) in [6.07, 6.45) is 2.85. The van der Waals surface area contributed by atoms with Crippen molar-refractivity contribution < 1.29 is 38.9 Å². The quantitative estimate of drug-likeness (QED) is 0.295. The number of carbonyl (C=O) groups excluding carboxylic acids is 4. The summed E-state index contributed by atoms with van der Waals surface area (Å²) in [4.78, 5) is 40.1. The predicted molar refractivity (Wildman–Crippen MR) is 67.3 cm³/mol. The van der Waals surface area contributed by atoms with E-state index in [2.05, 4.69) is 9.47 Å². The molecular weight excluding hydrogens is 296 g/mol. The third kappa shape index (κ3) is 23.6. The summed E-state index contributed by atoms with van der Waals surface area (Å²) < 4.78 is 8.75. The Morgan fingerprint density at radius 1 is 0.762 bits per heavy atom. The average molecular weight is 311 g/mol. The number of carboxylic acids is 2. The van der Waals surface area contributed by atoms with Crippen molar-refractivity contribution in [3.8, 4) is 0 Å². The Kier molecular flexibility index (Phi) is 18.6. The smallest absolute Gasteiger partial charge is 0.545 e. The molecule has 9 heteroatoms. The molecule has 0 aromatic carbocycles. The Morgan fingerprint density at radius 2 is 1.05 bits per heavy atom. The van der Waals surface area contributed by atoms with Crippen molar-refractivity contribution in [1.82, 2.24) is 0 Å². The molecule has 0 saturated carbocycles. The first kappa shape index (κ1) is 24.2. The second-order valence-electron chi connectivity index (χ2n) is 2.81. The van der Waals surface area contributed by atoms with Crippen LogP contribution in [-0.2, 0) is 28.7 Å². The minimum Gasteiger partial charge on any atom is -0.545 e. The fourth-order valence-corrected chi connectivity index (χ4v) is 0.653. The van der Waals surface area contributed by atoms with Crippen LogP contribution in [0.5, 0.6) is 0 Å². The van der Waals surface area contributed by atoms with Crippen molar-refractivity contribution in [3.63, 3.8) is 0 Å². The molecule has 0 aliphatic rings. The minimum atomic E-state index is -1.41. The second kappa shape index (κ2) is 16.2. The van der Waals surface area contributed by atoms with Crippen molar-refractivity contribution in [2.75, 3.05) is 13.2 Å². The van der Waals surface area contributed by atoms with E-state index in [-0.39, 0.29) is 36.3 Å². The van der Waals surface area contributed by atoms with Crippen molar-refractivity contribution in [1.29, 1.82) is 0 Å². The number of carbonyl (C=O) groups is 4. The first-order chi connectivity index (χ1) is 9.33. The summed E-state index contributed by atoms with van der Waals surface area (Å²) in [5.74, 6) is -4.17. The van der Waals surface area contributed by atoms with Gasteiger partial charge < -0.3 is 29.3 Å². The first-order valence-corrected chi connectivity index (χ1v) is 5.45. The van der Waals surface area contributed by atoms with Crippen molar-refractivity contribution in [3.05, 3.63) is 24.3 Å². The Balaban J connectivity index is -0.000000295. The van der Waals surface area contributed by atoms with Gasteiger partial charge in [-0.05, 0) is 26.0 Å². The molecule has 112 valence electrons. The standard InChI is InChI=1S/2C6H8O4.Mg/c2*1-2-10-6(9)4-3-5(7)8;/h2*3-4H,2H2,1H3,(H,7,8);/q;;+2/p-2/b2*4-3+;. The van der Waals surface area contributed by atoms with Gasteiger partial charge in [-0.15, -0.1) is 0 Å². The number of rotatable bonds is 6. The topological polar surface area (TPSA) is 133 Å². The zero-order valence-corrected chi connectivity index (χ0v) is 13.1. The average Bonchev–Trinajstić information content (AvgIpc) is 2.35. The molecule has 0 spiro atoms. The van der Waals surface area contributed by atoms with Gasteiger partial charge in [-0.2, -0.15) is 0 Å². The van der Waals surface area contributed by atoms with Crippen LogP contribution in [-0.4, -0.2) is 60.1 Å². The van der Waals surface area contributed by atoms with Gasteiger partial charge in [-0.3, -0.25) is 0 Å². The summed E-state index contributed by atoms with van der Waals surface area (Å²) in [5, 5.41) is 19.4. The number of carboxylic acid groups (broad SMARTS) is 2. The molecule has 0 rings (SSSR count). The number of aliphatic carboxylic acids is 2. The largest absolute Gasteiger partial charge is 2.00 e. The molecule has 0 fully saturated rings. The number of esters is 2. The van der Waals surface area contributed by atoms with E-state index in [1.54, 1.807) is 13.8 Å². The maximum atomic E-state index is 10.3. The third-order valence-corrected chi connectivity index (χ3v) is 1.28. The molecule has 0 saturated heterocycles. The van der Waals surface area contributed by atoms with Gasteiger partial charge in [0, 0.05) is 12.2 Å². The maximum Gasteiger partial charge on any atom is 2.00 e. The van der Waals surface area contributed by atoms with E-state index in [0.29, 0.717) is 12.2 Å². The van der Waals surface area contributed by atoms with Gasteiger partial charge in [0.1, 0.15) is 0 Å². The molecule has 0 aromatic heterocycles. The van der Waals surface area contributed by atoms with Crippen LogP contribution >= 0.6 is 0 Å². The number of hydrogen-bond donors (Lipinski definition) is 0. The Morgan fingerprint density at radius 3 is 1.24 bits per heavy atom. The Labute approximate surface area is 137 Å². The molecule has 0 amide bonds. The fourth-order valence-electron chi connectivity index (χ4n) is 0.653. The van der Waals surface area contributed by atoms with Gasteiger partial charge in [-0.1, -0.05) is 0 Å². The molecule has 0 radical (unpaired) electrons. The predicted octanol–water partition coefficient (Wildman–Crippen LogP) is -2.67. The van der Waals surface area contributed by atoms with Gasteiger partial charge in [0.25, 0.3) is 0 Å². The van der Waals surface area contributed by atoms with E-state index >= 15 is 0 Å². The molecule has 0 aromatic rings. The Bertz CT molecular complexity index is 362. The SMILES string of the molecule is CCOC(=O)/C=C/C(=O)[O-].CCOC(=O)/C=C/C(=O)[O-].[Mg+2]. The maximum absolute atomic E-state index is 10.3. The minimum absolute atomic E-state index is 0. The van der Waals surface area contributed by atoms with Crippen molar-refractivity contribution in [2.45, 2.75) is 13.8 Å². The molecule has 0 atom stereocenters. The van der Waals surface area contributed by atoms with E-state index in [1.165, 1.54) is 0 Å². The van der Waals surface area contributed by atoms with Crippen LogP contribution in [0.3, 0.4) is 0 Å². The second-order valence-corrected chi connectivity index (χ2v) is 2.81. The first-order valence-electron chi connectivity index (χ1n) is 5.45. The van der Waals surface area contributed by atoms with E-state index in [0.717, 1.165) is 12.2 Å². The zero-order valence-electron chi connectivity index (χ0n) is 11.7. The van der Waals surface area contributed by atoms with Crippen LogP contribution in [0.25, 0.3) is 0 Å². The summed E-state index contributed by atoms with van der Waals surface area (Å²) in [6, 6.07) is 0. The molecule has 0 unspecified atom stereocenters. The van der Waals surface area contributed by atoms with E-state index in [1.807, 2.05) is 0 Å². The summed E-state index contributed by atoms with van der Waals surface area (Å²) >= 11 is 0. The van der Waals surface area contributed by atoms with Crippen LogP contribution in [0.2, 0.25) is 0 Å². The molecule has 8 nitrogen and oxygen atoms in total. The van der Waals surface area contributed by atoms with E-state index < -0.39 is 23.9 Å². The summed E-state index contributed by atoms with van der Waals surface area (Å²) in [5.41, 5.74) is 0. The number of ether oxygens (including phenoxy) is 2. The van der Waals surface area contributed by atoms with Crippen LogP contribution in [0.4, 0.5) is 0 Å².